The van der Waals surface area contributed by atoms with E-state index in [1.807, 2.05) is 12.1 Å². The molecule has 3 nitrogen and oxygen atoms in total. The summed E-state index contributed by atoms with van der Waals surface area (Å²) in [4.78, 5) is 4.48. The number of benzene rings is 1. The van der Waals surface area contributed by atoms with Crippen molar-refractivity contribution in [1.29, 1.82) is 0 Å². The number of halogens is 3. The van der Waals surface area contributed by atoms with E-state index in [4.69, 9.17) is 5.73 Å². The van der Waals surface area contributed by atoms with Gasteiger partial charge in [-0.3, -0.25) is 4.99 Å². The van der Waals surface area contributed by atoms with Gasteiger partial charge in [0, 0.05) is 5.54 Å². The maximum atomic E-state index is 13.2. The number of nitrogens with two attached hydrogens (primary N) is 1. The first-order valence-electron chi connectivity index (χ1n) is 6.81. The Morgan fingerprint density at radius 1 is 1.38 bits per heavy atom. The van der Waals surface area contributed by atoms with Crippen LogP contribution in [0.25, 0.3) is 0 Å². The van der Waals surface area contributed by atoms with E-state index < -0.39 is 0 Å². The molecule has 21 heavy (non-hydrogen) atoms. The molecule has 118 valence electrons. The number of hydrogen-bond donors (Lipinski definition) is 2. The minimum atomic E-state index is -0.221. The van der Waals surface area contributed by atoms with Gasteiger partial charge in [-0.25, -0.2) is 4.39 Å². The summed E-state index contributed by atoms with van der Waals surface area (Å²) < 4.78 is 13.7. The summed E-state index contributed by atoms with van der Waals surface area (Å²) in [5.74, 6) is 0.727. The number of rotatable bonds is 2. The molecule has 1 saturated carbocycles. The Balaban J connectivity index is 0.00000220. The van der Waals surface area contributed by atoms with E-state index in [1.165, 1.54) is 6.07 Å². The molecule has 0 heterocycles. The largest absolute Gasteiger partial charge is 0.370 e. The van der Waals surface area contributed by atoms with Crippen molar-refractivity contribution in [3.05, 3.63) is 34.1 Å². The molecule has 0 amide bonds. The Kier molecular flexibility index (Phi) is 6.46. The molecular weight excluding hydrogens is 448 g/mol. The average Bonchev–Trinajstić information content (AvgIpc) is 2.24. The molecule has 3 N–H and O–H groups in total. The molecule has 0 aliphatic heterocycles. The van der Waals surface area contributed by atoms with Crippen LogP contribution in [0.15, 0.2) is 27.7 Å². The lowest BCUT2D eigenvalue weighted by Crippen LogP contribution is -2.46. The second-order valence-corrected chi connectivity index (χ2v) is 7.24. The van der Waals surface area contributed by atoms with E-state index in [2.05, 4.69) is 47.0 Å². The van der Waals surface area contributed by atoms with Gasteiger partial charge in [0.15, 0.2) is 5.96 Å². The number of guanidine groups is 1. The highest BCUT2D eigenvalue weighted by Crippen LogP contribution is 2.39. The zero-order chi connectivity index (χ0) is 14.9. The highest BCUT2D eigenvalue weighted by atomic mass is 127. The predicted octanol–water partition coefficient (Wildman–Crippen LogP) is 4.16. The quantitative estimate of drug-likeness (QED) is 0.388. The van der Waals surface area contributed by atoms with Crippen LogP contribution in [0.3, 0.4) is 0 Å². The van der Waals surface area contributed by atoms with Gasteiger partial charge in [0.05, 0.1) is 10.5 Å². The van der Waals surface area contributed by atoms with E-state index >= 15 is 0 Å². The van der Waals surface area contributed by atoms with Crippen LogP contribution in [-0.2, 0) is 0 Å². The SMILES string of the molecule is CC(C)(C)NC(N)=NC1CC(c2ccc(F)c(Br)c2)C1.I. The zero-order valence-corrected chi connectivity index (χ0v) is 16.4. The van der Waals surface area contributed by atoms with Crippen molar-refractivity contribution in [3.63, 3.8) is 0 Å². The van der Waals surface area contributed by atoms with Gasteiger partial charge >= 0.3 is 0 Å². The second-order valence-electron chi connectivity index (χ2n) is 6.39. The Morgan fingerprint density at radius 3 is 2.52 bits per heavy atom. The normalized spacial score (nSPS) is 22.2. The van der Waals surface area contributed by atoms with Gasteiger partial charge in [-0.15, -0.1) is 24.0 Å². The highest BCUT2D eigenvalue weighted by molar-refractivity contribution is 14.0. The van der Waals surface area contributed by atoms with Crippen LogP contribution < -0.4 is 11.1 Å². The van der Waals surface area contributed by atoms with Crippen molar-refractivity contribution in [2.45, 2.75) is 51.1 Å². The van der Waals surface area contributed by atoms with E-state index in [0.717, 1.165) is 18.4 Å². The monoisotopic (exact) mass is 469 g/mol. The van der Waals surface area contributed by atoms with E-state index in [9.17, 15) is 4.39 Å². The molecule has 1 aromatic carbocycles. The minimum Gasteiger partial charge on any atom is -0.370 e. The average molecular weight is 470 g/mol. The number of hydrogen-bond acceptors (Lipinski definition) is 1. The van der Waals surface area contributed by atoms with Crippen LogP contribution in [0.2, 0.25) is 0 Å². The van der Waals surface area contributed by atoms with Crippen molar-refractivity contribution in [2.75, 3.05) is 0 Å². The molecule has 0 atom stereocenters. The van der Waals surface area contributed by atoms with Crippen LogP contribution in [0.1, 0.15) is 45.1 Å². The summed E-state index contributed by atoms with van der Waals surface area (Å²) >= 11 is 3.22. The van der Waals surface area contributed by atoms with Crippen molar-refractivity contribution in [3.8, 4) is 0 Å². The maximum Gasteiger partial charge on any atom is 0.189 e. The third kappa shape index (κ3) is 5.39. The van der Waals surface area contributed by atoms with Crippen LogP contribution >= 0.6 is 39.9 Å². The second kappa shape index (κ2) is 7.26. The molecule has 0 bridgehead atoms. The van der Waals surface area contributed by atoms with Crippen LogP contribution in [0.4, 0.5) is 4.39 Å². The Bertz CT molecular complexity index is 522. The summed E-state index contributed by atoms with van der Waals surface area (Å²) in [5.41, 5.74) is 6.97. The first-order valence-corrected chi connectivity index (χ1v) is 7.60. The fourth-order valence-electron chi connectivity index (χ4n) is 2.34. The molecular formula is C15H22BrFIN3. The smallest absolute Gasteiger partial charge is 0.189 e. The van der Waals surface area contributed by atoms with Gasteiger partial charge in [-0.2, -0.15) is 0 Å². The predicted molar refractivity (Wildman–Crippen MR) is 99.8 cm³/mol. The third-order valence-electron chi connectivity index (χ3n) is 3.35. The number of nitrogens with one attached hydrogen (secondary N) is 1. The van der Waals surface area contributed by atoms with Gasteiger partial charge in [0.25, 0.3) is 0 Å². The standard InChI is InChI=1S/C15H21BrFN3.HI/c1-15(2,3)20-14(18)19-11-6-10(7-11)9-4-5-13(17)12(16)8-9;/h4-5,8,10-11H,6-7H2,1-3H3,(H3,18,19,20);1H. The highest BCUT2D eigenvalue weighted by Gasteiger charge is 2.30. The topological polar surface area (TPSA) is 50.4 Å². The number of nitrogens with zero attached hydrogens (tertiary/aromatic N) is 1. The van der Waals surface area contributed by atoms with Crippen LogP contribution in [0, 0.1) is 5.82 Å². The van der Waals surface area contributed by atoms with Gasteiger partial charge in [0.2, 0.25) is 0 Å². The lowest BCUT2D eigenvalue weighted by atomic mass is 9.76. The molecule has 6 heteroatoms. The van der Waals surface area contributed by atoms with Gasteiger partial charge < -0.3 is 11.1 Å². The van der Waals surface area contributed by atoms with Crippen molar-refractivity contribution in [2.24, 2.45) is 10.7 Å². The summed E-state index contributed by atoms with van der Waals surface area (Å²) in [6.45, 7) is 6.15. The lowest BCUT2D eigenvalue weighted by Gasteiger charge is -2.34. The first-order chi connectivity index (χ1) is 9.24. The summed E-state index contributed by atoms with van der Waals surface area (Å²) in [5, 5.41) is 3.16. The molecule has 1 aliphatic carbocycles. The Morgan fingerprint density at radius 2 is 2.00 bits per heavy atom. The minimum absolute atomic E-state index is 0. The fourth-order valence-corrected chi connectivity index (χ4v) is 2.74. The van der Waals surface area contributed by atoms with E-state index in [1.54, 1.807) is 0 Å². The molecule has 0 aromatic heterocycles. The third-order valence-corrected chi connectivity index (χ3v) is 3.96. The van der Waals surface area contributed by atoms with E-state index in [-0.39, 0.29) is 41.4 Å². The number of aliphatic imine (C=N–C) groups is 1. The lowest BCUT2D eigenvalue weighted by molar-refractivity contribution is 0.351. The Hall–Kier alpha value is -0.370. The molecule has 1 aromatic rings. The Labute approximate surface area is 151 Å². The molecule has 0 spiro atoms. The van der Waals surface area contributed by atoms with Crippen molar-refractivity contribution >= 4 is 45.9 Å². The zero-order valence-electron chi connectivity index (χ0n) is 12.5. The van der Waals surface area contributed by atoms with Gasteiger partial charge in [-0.05, 0) is 73.2 Å². The molecule has 1 fully saturated rings. The maximum absolute atomic E-state index is 13.2. The molecule has 0 radical (unpaired) electrons. The summed E-state index contributed by atoms with van der Waals surface area (Å²) in [7, 11) is 0. The van der Waals surface area contributed by atoms with Crippen molar-refractivity contribution < 1.29 is 4.39 Å². The molecule has 0 saturated heterocycles. The van der Waals surface area contributed by atoms with Crippen LogP contribution in [0.5, 0.6) is 0 Å². The van der Waals surface area contributed by atoms with Gasteiger partial charge in [0.1, 0.15) is 5.82 Å². The first kappa shape index (κ1) is 18.7. The molecule has 0 unspecified atom stereocenters. The molecule has 1 aliphatic rings. The van der Waals surface area contributed by atoms with E-state index in [0.29, 0.717) is 16.4 Å². The summed E-state index contributed by atoms with van der Waals surface area (Å²) in [6, 6.07) is 5.47. The van der Waals surface area contributed by atoms with Crippen molar-refractivity contribution in [1.82, 2.24) is 5.32 Å². The molecule has 2 rings (SSSR count). The van der Waals surface area contributed by atoms with Gasteiger partial charge in [-0.1, -0.05) is 6.07 Å². The van der Waals surface area contributed by atoms with Crippen LogP contribution in [-0.4, -0.2) is 17.5 Å². The summed E-state index contributed by atoms with van der Waals surface area (Å²) in [6.07, 6.45) is 1.93. The fraction of sp³-hybridized carbons (Fsp3) is 0.533.